The van der Waals surface area contributed by atoms with Gasteiger partial charge in [0.25, 0.3) is 0 Å². The molecule has 0 spiro atoms. The van der Waals surface area contributed by atoms with Crippen LogP contribution in [0.2, 0.25) is 10.0 Å². The number of ether oxygens (including phenoxy) is 2. The summed E-state index contributed by atoms with van der Waals surface area (Å²) in [4.78, 5) is 14.4. The normalized spacial score (nSPS) is 20.4. The monoisotopic (exact) mass is 439 g/mol. The first-order valence-electron chi connectivity index (χ1n) is 9.68. The van der Waals surface area contributed by atoms with Gasteiger partial charge in [-0.2, -0.15) is 5.10 Å². The van der Waals surface area contributed by atoms with Gasteiger partial charge in [0.1, 0.15) is 5.60 Å². The van der Waals surface area contributed by atoms with E-state index >= 15 is 0 Å². The van der Waals surface area contributed by atoms with Gasteiger partial charge in [-0.3, -0.25) is 5.10 Å². The summed E-state index contributed by atoms with van der Waals surface area (Å²) in [7, 11) is 0. The van der Waals surface area contributed by atoms with Gasteiger partial charge in [-0.05, 0) is 57.9 Å². The lowest BCUT2D eigenvalue weighted by atomic mass is 9.91. The molecule has 1 aromatic heterocycles. The molecule has 0 aliphatic carbocycles. The van der Waals surface area contributed by atoms with Crippen LogP contribution < -0.4 is 0 Å². The maximum absolute atomic E-state index is 12.7. The molecule has 1 saturated heterocycles. The van der Waals surface area contributed by atoms with Gasteiger partial charge in [0.2, 0.25) is 0 Å². The number of benzene rings is 1. The molecule has 1 aromatic carbocycles. The number of amides is 1. The molecule has 2 atom stereocenters. The highest BCUT2D eigenvalue weighted by Gasteiger charge is 2.33. The standard InChI is InChI=1S/C21H27Cl2N3O3/c1-13-9-16(25-24-13)10-15-12-26(20(27)29-21(2,3)4)7-8-28-19(15)14-5-6-17(22)18(23)11-14/h5-6,9,11,15,19H,7-8,10,12H2,1-4H3,(H,24,25)/t15-,19+/m1/s1. The largest absolute Gasteiger partial charge is 0.444 e. The van der Waals surface area contributed by atoms with Crippen LogP contribution in [0.5, 0.6) is 0 Å². The lowest BCUT2D eigenvalue weighted by molar-refractivity contribution is 0.0231. The predicted molar refractivity (Wildman–Crippen MR) is 113 cm³/mol. The van der Waals surface area contributed by atoms with Crippen molar-refractivity contribution in [2.75, 3.05) is 19.7 Å². The summed E-state index contributed by atoms with van der Waals surface area (Å²) in [6.45, 7) is 8.91. The Bertz CT molecular complexity index is 863. The van der Waals surface area contributed by atoms with Crippen molar-refractivity contribution in [3.63, 3.8) is 0 Å². The molecule has 2 heterocycles. The first kappa shape index (κ1) is 21.9. The van der Waals surface area contributed by atoms with Crippen molar-refractivity contribution in [2.45, 2.75) is 45.8 Å². The summed E-state index contributed by atoms with van der Waals surface area (Å²) in [5, 5.41) is 8.32. The highest BCUT2D eigenvalue weighted by Crippen LogP contribution is 2.35. The fraction of sp³-hybridized carbons (Fsp3) is 0.524. The number of nitrogens with one attached hydrogen (secondary N) is 1. The van der Waals surface area contributed by atoms with Gasteiger partial charge >= 0.3 is 6.09 Å². The zero-order chi connectivity index (χ0) is 21.2. The van der Waals surface area contributed by atoms with Gasteiger partial charge in [-0.25, -0.2) is 4.79 Å². The Balaban J connectivity index is 1.87. The van der Waals surface area contributed by atoms with Crippen molar-refractivity contribution in [1.82, 2.24) is 15.1 Å². The van der Waals surface area contributed by atoms with E-state index in [4.69, 9.17) is 32.7 Å². The molecule has 0 unspecified atom stereocenters. The number of nitrogens with zero attached hydrogens (tertiary/aromatic N) is 2. The van der Waals surface area contributed by atoms with E-state index in [1.54, 1.807) is 11.0 Å². The van der Waals surface area contributed by atoms with E-state index in [-0.39, 0.29) is 18.1 Å². The molecule has 1 N–H and O–H groups in total. The van der Waals surface area contributed by atoms with E-state index in [2.05, 4.69) is 10.2 Å². The second-order valence-corrected chi connectivity index (χ2v) is 9.21. The van der Waals surface area contributed by atoms with E-state index in [9.17, 15) is 4.79 Å². The van der Waals surface area contributed by atoms with Gasteiger partial charge < -0.3 is 14.4 Å². The van der Waals surface area contributed by atoms with Crippen molar-refractivity contribution in [3.05, 3.63) is 51.3 Å². The first-order chi connectivity index (χ1) is 13.6. The molecular weight excluding hydrogens is 413 g/mol. The molecule has 8 heteroatoms. The van der Waals surface area contributed by atoms with Gasteiger partial charge in [0.15, 0.2) is 0 Å². The highest BCUT2D eigenvalue weighted by atomic mass is 35.5. The molecule has 1 aliphatic heterocycles. The molecule has 1 aliphatic rings. The van der Waals surface area contributed by atoms with Crippen LogP contribution in [0.1, 0.15) is 43.8 Å². The molecule has 29 heavy (non-hydrogen) atoms. The second kappa shape index (κ2) is 8.94. The SMILES string of the molecule is Cc1cc(C[C@@H]2CN(C(=O)OC(C)(C)C)CCO[C@H]2c2ccc(Cl)c(Cl)c2)n[nH]1. The van der Waals surface area contributed by atoms with Crippen LogP contribution >= 0.6 is 23.2 Å². The number of carbonyl (C=O) groups is 1. The number of aryl methyl sites for hydroxylation is 1. The number of hydrogen-bond donors (Lipinski definition) is 1. The third-order valence-corrected chi connectivity index (χ3v) is 5.43. The van der Waals surface area contributed by atoms with E-state index in [0.29, 0.717) is 36.2 Å². The summed E-state index contributed by atoms with van der Waals surface area (Å²) in [6.07, 6.45) is 0.0717. The number of aromatic nitrogens is 2. The molecule has 0 radical (unpaired) electrons. The summed E-state index contributed by atoms with van der Waals surface area (Å²) in [5.41, 5.74) is 2.29. The van der Waals surface area contributed by atoms with Crippen LogP contribution in [-0.4, -0.2) is 46.5 Å². The lowest BCUT2D eigenvalue weighted by Crippen LogP contribution is -2.40. The quantitative estimate of drug-likeness (QED) is 0.713. The van der Waals surface area contributed by atoms with Crippen molar-refractivity contribution in [1.29, 1.82) is 0 Å². The number of rotatable bonds is 3. The van der Waals surface area contributed by atoms with Crippen LogP contribution in [0.15, 0.2) is 24.3 Å². The summed E-state index contributed by atoms with van der Waals surface area (Å²) < 4.78 is 11.8. The van der Waals surface area contributed by atoms with E-state index in [1.165, 1.54) is 0 Å². The fourth-order valence-corrected chi connectivity index (χ4v) is 3.77. The first-order valence-corrected chi connectivity index (χ1v) is 10.4. The Morgan fingerprint density at radius 3 is 2.69 bits per heavy atom. The van der Waals surface area contributed by atoms with Gasteiger partial charge in [0.05, 0.1) is 28.5 Å². The maximum Gasteiger partial charge on any atom is 0.410 e. The molecule has 0 saturated carbocycles. The maximum atomic E-state index is 12.7. The fourth-order valence-electron chi connectivity index (χ4n) is 3.47. The number of H-pyrrole nitrogens is 1. The minimum Gasteiger partial charge on any atom is -0.444 e. The highest BCUT2D eigenvalue weighted by molar-refractivity contribution is 6.42. The van der Waals surface area contributed by atoms with Crippen LogP contribution in [0.25, 0.3) is 0 Å². The van der Waals surface area contributed by atoms with Crippen molar-refractivity contribution >= 4 is 29.3 Å². The Hall–Kier alpha value is -1.76. The topological polar surface area (TPSA) is 67.5 Å². The van der Waals surface area contributed by atoms with Crippen LogP contribution in [0.3, 0.4) is 0 Å². The Labute approximate surface area is 181 Å². The summed E-state index contributed by atoms with van der Waals surface area (Å²) >= 11 is 12.3. The van der Waals surface area contributed by atoms with Crippen molar-refractivity contribution in [2.24, 2.45) is 5.92 Å². The van der Waals surface area contributed by atoms with Crippen LogP contribution in [-0.2, 0) is 15.9 Å². The Kier molecular flexibility index (Phi) is 6.76. The molecule has 0 bridgehead atoms. The number of hydrogen-bond acceptors (Lipinski definition) is 4. The molecular formula is C21H27Cl2N3O3. The van der Waals surface area contributed by atoms with Gasteiger partial charge in [-0.15, -0.1) is 0 Å². The molecule has 1 amide bonds. The zero-order valence-corrected chi connectivity index (χ0v) is 18.7. The molecule has 2 aromatic rings. The summed E-state index contributed by atoms with van der Waals surface area (Å²) in [5.74, 6) is -0.0232. The van der Waals surface area contributed by atoms with Crippen molar-refractivity contribution < 1.29 is 14.3 Å². The minimum absolute atomic E-state index is 0.0232. The second-order valence-electron chi connectivity index (χ2n) is 8.40. The Morgan fingerprint density at radius 1 is 1.31 bits per heavy atom. The zero-order valence-electron chi connectivity index (χ0n) is 17.2. The minimum atomic E-state index is -0.553. The lowest BCUT2D eigenvalue weighted by Gasteiger charge is -2.29. The average Bonchev–Trinajstić information content (AvgIpc) is 2.90. The average molecular weight is 440 g/mol. The predicted octanol–water partition coefficient (Wildman–Crippen LogP) is 5.19. The van der Waals surface area contributed by atoms with Crippen LogP contribution in [0.4, 0.5) is 4.79 Å². The van der Waals surface area contributed by atoms with E-state index < -0.39 is 5.60 Å². The molecule has 158 valence electrons. The number of aromatic amines is 1. The van der Waals surface area contributed by atoms with E-state index in [1.807, 2.05) is 45.9 Å². The molecule has 3 rings (SSSR count). The molecule has 6 nitrogen and oxygen atoms in total. The van der Waals surface area contributed by atoms with Gasteiger partial charge in [0, 0.05) is 24.7 Å². The van der Waals surface area contributed by atoms with Crippen molar-refractivity contribution in [3.8, 4) is 0 Å². The third-order valence-electron chi connectivity index (χ3n) is 4.70. The third kappa shape index (κ3) is 5.87. The van der Waals surface area contributed by atoms with Crippen LogP contribution in [0, 0.1) is 12.8 Å². The van der Waals surface area contributed by atoms with E-state index in [0.717, 1.165) is 17.0 Å². The Morgan fingerprint density at radius 2 is 2.07 bits per heavy atom. The van der Waals surface area contributed by atoms with Gasteiger partial charge in [-0.1, -0.05) is 29.3 Å². The smallest absolute Gasteiger partial charge is 0.410 e. The number of halogens is 2. The molecule has 1 fully saturated rings. The number of carbonyl (C=O) groups excluding carboxylic acids is 1. The summed E-state index contributed by atoms with van der Waals surface area (Å²) in [6, 6.07) is 7.54.